The van der Waals surface area contributed by atoms with Crippen LogP contribution in [0.4, 0.5) is 15.8 Å². The molecule has 0 bridgehead atoms. The van der Waals surface area contributed by atoms with Gasteiger partial charge in [0.1, 0.15) is 17.8 Å². The summed E-state index contributed by atoms with van der Waals surface area (Å²) in [4.78, 5) is 3.55. The standard InChI is InChI=1S/C7H8FN3O3/c8-5-1-2-6(9-4-10-12)7(3-5)11(13)14/h1-4,11-13H,(H,9,10). The van der Waals surface area contributed by atoms with E-state index in [0.717, 1.165) is 18.5 Å². The average Bonchev–Trinajstić information content (AvgIpc) is 2.15. The summed E-state index contributed by atoms with van der Waals surface area (Å²) in [6.45, 7) is 0. The van der Waals surface area contributed by atoms with Gasteiger partial charge in [0.25, 0.3) is 0 Å². The van der Waals surface area contributed by atoms with Gasteiger partial charge in [-0.2, -0.15) is 5.23 Å². The molecular weight excluding hydrogens is 193 g/mol. The van der Waals surface area contributed by atoms with Crippen molar-refractivity contribution in [3.8, 4) is 0 Å². The molecule has 7 heteroatoms. The molecule has 76 valence electrons. The summed E-state index contributed by atoms with van der Waals surface area (Å²) in [6.07, 6.45) is 0.889. The molecule has 6 nitrogen and oxygen atoms in total. The Labute approximate surface area is 78.4 Å². The Morgan fingerprint density at radius 2 is 2.29 bits per heavy atom. The quantitative estimate of drug-likeness (QED) is 0.311. The van der Waals surface area contributed by atoms with Crippen molar-refractivity contribution in [3.05, 3.63) is 29.2 Å². The van der Waals surface area contributed by atoms with Crippen LogP contribution < -0.4 is 10.7 Å². The predicted octanol–water partition coefficient (Wildman–Crippen LogP) is -0.132. The molecule has 1 rings (SSSR count). The molecule has 14 heavy (non-hydrogen) atoms. The summed E-state index contributed by atoms with van der Waals surface area (Å²) in [5.41, 5.74) is 1.41. The highest BCUT2D eigenvalue weighted by Gasteiger charge is 2.08. The lowest BCUT2D eigenvalue weighted by Gasteiger charge is -2.13. The molecule has 0 saturated heterocycles. The van der Waals surface area contributed by atoms with E-state index in [0.29, 0.717) is 0 Å². The number of halogens is 1. The lowest BCUT2D eigenvalue weighted by atomic mass is 10.2. The van der Waals surface area contributed by atoms with Crippen molar-refractivity contribution in [2.24, 2.45) is 4.99 Å². The maximum absolute atomic E-state index is 12.6. The number of quaternary nitrogens is 1. The molecule has 0 saturated carbocycles. The van der Waals surface area contributed by atoms with Crippen LogP contribution in [0.2, 0.25) is 0 Å². The number of rotatable bonds is 3. The van der Waals surface area contributed by atoms with Crippen LogP contribution in [0.5, 0.6) is 0 Å². The van der Waals surface area contributed by atoms with E-state index < -0.39 is 11.0 Å². The van der Waals surface area contributed by atoms with Crippen molar-refractivity contribution in [1.82, 2.24) is 5.48 Å². The minimum atomic E-state index is -1.28. The molecule has 0 radical (unpaired) electrons. The van der Waals surface area contributed by atoms with Crippen LogP contribution in [-0.2, 0) is 0 Å². The van der Waals surface area contributed by atoms with Gasteiger partial charge in [0.15, 0.2) is 5.69 Å². The van der Waals surface area contributed by atoms with Crippen molar-refractivity contribution in [2.75, 3.05) is 0 Å². The molecule has 1 atom stereocenters. The minimum absolute atomic E-state index is 0.0560. The average molecular weight is 201 g/mol. The fourth-order valence-corrected chi connectivity index (χ4v) is 0.891. The van der Waals surface area contributed by atoms with Gasteiger partial charge < -0.3 is 5.21 Å². The molecule has 0 aliphatic heterocycles. The van der Waals surface area contributed by atoms with Gasteiger partial charge in [-0.15, -0.1) is 0 Å². The lowest BCUT2D eigenvalue weighted by molar-refractivity contribution is -0.991. The fraction of sp³-hybridized carbons (Fsp3) is 0. The lowest BCUT2D eigenvalue weighted by Crippen LogP contribution is -2.99. The van der Waals surface area contributed by atoms with Crippen LogP contribution in [0.1, 0.15) is 0 Å². The molecular formula is C7H8FN3O3. The predicted molar refractivity (Wildman–Crippen MR) is 45.3 cm³/mol. The van der Waals surface area contributed by atoms with Gasteiger partial charge in [0.05, 0.1) is 0 Å². The van der Waals surface area contributed by atoms with E-state index in [1.54, 1.807) is 5.48 Å². The fourth-order valence-electron chi connectivity index (χ4n) is 0.891. The highest BCUT2D eigenvalue weighted by Crippen LogP contribution is 2.21. The number of aliphatic imine (C=N–C) groups is 1. The van der Waals surface area contributed by atoms with Gasteiger partial charge in [-0.25, -0.2) is 14.6 Å². The molecule has 0 fully saturated rings. The molecule has 0 aromatic heterocycles. The van der Waals surface area contributed by atoms with Gasteiger partial charge in [0, 0.05) is 6.07 Å². The molecule has 0 spiro atoms. The van der Waals surface area contributed by atoms with E-state index in [9.17, 15) is 9.60 Å². The zero-order valence-electron chi connectivity index (χ0n) is 6.94. The first-order valence-electron chi connectivity index (χ1n) is 3.60. The van der Waals surface area contributed by atoms with Crippen molar-refractivity contribution in [3.63, 3.8) is 0 Å². The molecule has 0 aliphatic rings. The number of hydrogen-bond donors (Lipinski definition) is 4. The number of hydroxylamine groups is 1. The summed E-state index contributed by atoms with van der Waals surface area (Å²) in [5, 5.41) is 26.2. The zero-order valence-corrected chi connectivity index (χ0v) is 6.94. The maximum atomic E-state index is 12.6. The Hall–Kier alpha value is -1.54. The van der Waals surface area contributed by atoms with Gasteiger partial charge in [-0.3, -0.25) is 10.7 Å². The third-order valence-corrected chi connectivity index (χ3v) is 1.45. The number of hydrogen-bond acceptors (Lipinski definition) is 4. The Balaban J connectivity index is 3.08. The highest BCUT2D eigenvalue weighted by atomic mass is 19.1. The molecule has 1 aromatic carbocycles. The molecule has 4 N–H and O–H groups in total. The Bertz CT molecular complexity index is 343. The number of nitrogens with zero attached hydrogens (tertiary/aromatic N) is 1. The van der Waals surface area contributed by atoms with E-state index in [2.05, 4.69) is 4.99 Å². The van der Waals surface area contributed by atoms with E-state index in [1.165, 1.54) is 6.07 Å². The topological polar surface area (TPSA) is 92.4 Å². The molecule has 1 unspecified atom stereocenters. The van der Waals surface area contributed by atoms with Gasteiger partial charge in [-0.1, -0.05) is 0 Å². The van der Waals surface area contributed by atoms with Gasteiger partial charge in [-0.05, 0) is 12.1 Å². The van der Waals surface area contributed by atoms with Crippen LogP contribution in [0, 0.1) is 11.0 Å². The van der Waals surface area contributed by atoms with Crippen LogP contribution in [-0.4, -0.2) is 16.8 Å². The molecule has 1 aromatic rings. The molecule has 0 heterocycles. The Morgan fingerprint density at radius 1 is 1.57 bits per heavy atom. The van der Waals surface area contributed by atoms with Crippen molar-refractivity contribution in [2.45, 2.75) is 0 Å². The molecule has 0 amide bonds. The van der Waals surface area contributed by atoms with Gasteiger partial charge >= 0.3 is 0 Å². The summed E-state index contributed by atoms with van der Waals surface area (Å²) in [6, 6.07) is 3.13. The zero-order chi connectivity index (χ0) is 10.6. The monoisotopic (exact) mass is 201 g/mol. The van der Waals surface area contributed by atoms with Crippen molar-refractivity contribution < 1.29 is 20.0 Å². The summed E-state index contributed by atoms with van der Waals surface area (Å²) >= 11 is 0. The van der Waals surface area contributed by atoms with Crippen LogP contribution >= 0.6 is 0 Å². The summed E-state index contributed by atoms with van der Waals surface area (Å²) in [7, 11) is 0. The SMILES string of the molecule is [O-][NH+](O)c1cc(F)ccc1N=CNO. The van der Waals surface area contributed by atoms with E-state index in [1.807, 2.05) is 0 Å². The second-order valence-corrected chi connectivity index (χ2v) is 2.35. The first-order valence-corrected chi connectivity index (χ1v) is 3.60. The largest absolute Gasteiger partial charge is 0.595 e. The highest BCUT2D eigenvalue weighted by molar-refractivity contribution is 5.66. The van der Waals surface area contributed by atoms with Crippen LogP contribution in [0.3, 0.4) is 0 Å². The van der Waals surface area contributed by atoms with Crippen LogP contribution in [0.25, 0.3) is 0 Å². The van der Waals surface area contributed by atoms with E-state index in [-0.39, 0.29) is 11.4 Å². The third kappa shape index (κ3) is 2.47. The normalized spacial score (nSPS) is 13.1. The van der Waals surface area contributed by atoms with Crippen molar-refractivity contribution in [1.29, 1.82) is 0 Å². The minimum Gasteiger partial charge on any atom is -0.595 e. The Kier molecular flexibility index (Phi) is 3.48. The summed E-state index contributed by atoms with van der Waals surface area (Å²) in [5.74, 6) is -0.654. The second-order valence-electron chi connectivity index (χ2n) is 2.35. The molecule has 0 aliphatic carbocycles. The van der Waals surface area contributed by atoms with Gasteiger partial charge in [0.2, 0.25) is 0 Å². The smallest absolute Gasteiger partial charge is 0.192 e. The van der Waals surface area contributed by atoms with E-state index >= 15 is 0 Å². The number of nitrogens with one attached hydrogen (secondary N) is 2. The summed E-state index contributed by atoms with van der Waals surface area (Å²) < 4.78 is 12.6. The van der Waals surface area contributed by atoms with Crippen LogP contribution in [0.15, 0.2) is 23.2 Å². The van der Waals surface area contributed by atoms with Crippen molar-refractivity contribution >= 4 is 17.7 Å². The van der Waals surface area contributed by atoms with E-state index in [4.69, 9.17) is 10.4 Å². The second kappa shape index (κ2) is 4.63. The first-order chi connectivity index (χ1) is 6.65. The first kappa shape index (κ1) is 10.5. The maximum Gasteiger partial charge on any atom is 0.192 e. The third-order valence-electron chi connectivity index (χ3n) is 1.45. The number of benzene rings is 1. The Morgan fingerprint density at radius 3 is 2.86 bits per heavy atom.